The number of hydrogen-bond acceptors (Lipinski definition) is 6. The van der Waals surface area contributed by atoms with Crippen molar-refractivity contribution >= 4 is 17.9 Å². The quantitative estimate of drug-likeness (QED) is 0.0264. The summed E-state index contributed by atoms with van der Waals surface area (Å²) in [6, 6.07) is 0. The van der Waals surface area contributed by atoms with E-state index in [-0.39, 0.29) is 44.0 Å². The summed E-state index contributed by atoms with van der Waals surface area (Å²) in [5, 5.41) is 0. The molecule has 0 saturated heterocycles. The van der Waals surface area contributed by atoms with Gasteiger partial charge in [0.15, 0.2) is 6.10 Å². The zero-order valence-electron chi connectivity index (χ0n) is 38.7. The van der Waals surface area contributed by atoms with Crippen molar-refractivity contribution in [2.75, 3.05) is 13.2 Å². The lowest BCUT2D eigenvalue weighted by atomic mass is 10.1. The Hall–Kier alpha value is -3.67. The van der Waals surface area contributed by atoms with E-state index in [1.807, 2.05) is 0 Å². The van der Waals surface area contributed by atoms with Crippen LogP contribution in [-0.2, 0) is 28.6 Å². The third-order valence-corrected chi connectivity index (χ3v) is 9.80. The lowest BCUT2D eigenvalue weighted by molar-refractivity contribution is -0.167. The third-order valence-electron chi connectivity index (χ3n) is 9.80. The smallest absolute Gasteiger partial charge is 0.306 e. The SMILES string of the molecule is CC/C=C\C/C=C\C/C=C\CCCCCCC(=O)OC(COC(=O)CCC/C=C\C/C=C\C/C=C\CC)COC(=O)CCCCCCCCC/C=C\C/C=C\CCCCC. The molecule has 0 saturated carbocycles. The molecule has 60 heavy (non-hydrogen) atoms. The molecule has 340 valence electrons. The first-order valence-corrected chi connectivity index (χ1v) is 24.2. The average molecular weight is 833 g/mol. The maximum absolute atomic E-state index is 12.7. The summed E-state index contributed by atoms with van der Waals surface area (Å²) in [5.41, 5.74) is 0. The molecule has 0 rings (SSSR count). The molecular weight excluding hydrogens is 745 g/mol. The molecule has 1 atom stereocenters. The van der Waals surface area contributed by atoms with Gasteiger partial charge in [0.25, 0.3) is 0 Å². The van der Waals surface area contributed by atoms with Crippen molar-refractivity contribution in [3.8, 4) is 0 Å². The van der Waals surface area contributed by atoms with Crippen molar-refractivity contribution in [1.29, 1.82) is 0 Å². The molecule has 0 aromatic rings. The van der Waals surface area contributed by atoms with Gasteiger partial charge >= 0.3 is 17.9 Å². The summed E-state index contributed by atoms with van der Waals surface area (Å²) in [7, 11) is 0. The monoisotopic (exact) mass is 833 g/mol. The van der Waals surface area contributed by atoms with E-state index in [0.717, 1.165) is 109 Å². The molecule has 0 aliphatic carbocycles. The number of rotatable bonds is 42. The fourth-order valence-corrected chi connectivity index (χ4v) is 6.21. The van der Waals surface area contributed by atoms with E-state index in [2.05, 4.69) is 118 Å². The summed E-state index contributed by atoms with van der Waals surface area (Å²) in [6.07, 6.45) is 62.6. The van der Waals surface area contributed by atoms with Gasteiger partial charge in [0, 0.05) is 19.3 Å². The van der Waals surface area contributed by atoms with Gasteiger partial charge in [-0.2, -0.15) is 0 Å². The van der Waals surface area contributed by atoms with Crippen molar-refractivity contribution in [3.63, 3.8) is 0 Å². The van der Waals surface area contributed by atoms with Crippen LogP contribution >= 0.6 is 0 Å². The van der Waals surface area contributed by atoms with Crippen LogP contribution in [0.2, 0.25) is 0 Å². The van der Waals surface area contributed by atoms with E-state index in [1.54, 1.807) is 0 Å². The first-order valence-electron chi connectivity index (χ1n) is 24.2. The highest BCUT2D eigenvalue weighted by molar-refractivity contribution is 5.71. The van der Waals surface area contributed by atoms with E-state index in [0.29, 0.717) is 12.8 Å². The molecule has 0 spiro atoms. The minimum Gasteiger partial charge on any atom is -0.462 e. The van der Waals surface area contributed by atoms with Crippen LogP contribution in [0, 0.1) is 0 Å². The van der Waals surface area contributed by atoms with Crippen molar-refractivity contribution < 1.29 is 28.6 Å². The first-order chi connectivity index (χ1) is 29.5. The molecule has 0 radical (unpaired) electrons. The Balaban J connectivity index is 4.47. The Bertz CT molecular complexity index is 1230. The molecule has 0 N–H and O–H groups in total. The fraction of sp³-hybridized carbons (Fsp3) is 0.648. The molecule has 0 aliphatic rings. The number of carbonyl (C=O) groups is 3. The van der Waals surface area contributed by atoms with Gasteiger partial charge in [0.05, 0.1) is 0 Å². The second-order valence-corrected chi connectivity index (χ2v) is 15.6. The summed E-state index contributed by atoms with van der Waals surface area (Å²) >= 11 is 0. The standard InChI is InChI=1S/C54H88O6/c1-4-7-10-13-16-19-22-24-26-27-28-30-32-35-38-41-44-47-53(56)59-50-51(49-58-52(55)46-43-40-37-34-31-21-18-15-12-9-6-3)60-54(57)48-45-42-39-36-33-29-25-23-20-17-14-11-8-5-2/h8-9,11-12,16-21,24-26,29,34,37,51H,4-7,10,13-15,22-23,27-28,30-33,35-36,38-50H2,1-3H3/b11-8-,12-9-,19-16-,20-17-,21-18-,26-24-,29-25-,37-34-. The van der Waals surface area contributed by atoms with Crippen molar-refractivity contribution in [2.45, 2.75) is 213 Å². The lowest BCUT2D eigenvalue weighted by Crippen LogP contribution is -2.30. The second kappa shape index (κ2) is 48.0. The topological polar surface area (TPSA) is 78.9 Å². The van der Waals surface area contributed by atoms with Crippen LogP contribution in [0.3, 0.4) is 0 Å². The van der Waals surface area contributed by atoms with Crippen LogP contribution in [0.1, 0.15) is 207 Å². The van der Waals surface area contributed by atoms with Crippen LogP contribution in [-0.4, -0.2) is 37.2 Å². The predicted octanol–water partition coefficient (Wildman–Crippen LogP) is 15.8. The minimum atomic E-state index is -0.812. The molecule has 0 aromatic heterocycles. The number of allylic oxidation sites excluding steroid dienone is 16. The van der Waals surface area contributed by atoms with Gasteiger partial charge in [-0.1, -0.05) is 176 Å². The zero-order valence-corrected chi connectivity index (χ0v) is 38.7. The molecule has 0 fully saturated rings. The van der Waals surface area contributed by atoms with E-state index < -0.39 is 6.10 Å². The molecule has 6 nitrogen and oxygen atoms in total. The highest BCUT2D eigenvalue weighted by atomic mass is 16.6. The number of carbonyl (C=O) groups excluding carboxylic acids is 3. The van der Waals surface area contributed by atoms with Crippen LogP contribution in [0.4, 0.5) is 0 Å². The van der Waals surface area contributed by atoms with Crippen molar-refractivity contribution in [1.82, 2.24) is 0 Å². The van der Waals surface area contributed by atoms with Crippen LogP contribution in [0.5, 0.6) is 0 Å². The second-order valence-electron chi connectivity index (χ2n) is 15.6. The Morgan fingerprint density at radius 3 is 1.08 bits per heavy atom. The number of ether oxygens (including phenoxy) is 3. The zero-order chi connectivity index (χ0) is 43.7. The minimum absolute atomic E-state index is 0.108. The van der Waals surface area contributed by atoms with E-state index >= 15 is 0 Å². The van der Waals surface area contributed by atoms with Gasteiger partial charge in [-0.25, -0.2) is 0 Å². The summed E-state index contributed by atoms with van der Waals surface area (Å²) in [5.74, 6) is -1.00. The van der Waals surface area contributed by atoms with E-state index in [1.165, 1.54) is 51.4 Å². The first kappa shape index (κ1) is 56.3. The van der Waals surface area contributed by atoms with Gasteiger partial charge in [0.1, 0.15) is 13.2 Å². The molecule has 0 aliphatic heterocycles. The maximum Gasteiger partial charge on any atom is 0.306 e. The Labute approximate surface area is 368 Å². The number of unbranched alkanes of at least 4 members (excludes halogenated alkanes) is 15. The summed E-state index contributed by atoms with van der Waals surface area (Å²) < 4.78 is 16.7. The molecule has 0 amide bonds. The maximum atomic E-state index is 12.7. The van der Waals surface area contributed by atoms with E-state index in [9.17, 15) is 14.4 Å². The summed E-state index contributed by atoms with van der Waals surface area (Å²) in [4.78, 5) is 37.8. The van der Waals surface area contributed by atoms with Gasteiger partial charge in [-0.15, -0.1) is 0 Å². The molecule has 0 bridgehead atoms. The van der Waals surface area contributed by atoms with Gasteiger partial charge in [-0.3, -0.25) is 14.4 Å². The highest BCUT2D eigenvalue weighted by Gasteiger charge is 2.19. The Morgan fingerprint density at radius 1 is 0.350 bits per heavy atom. The van der Waals surface area contributed by atoms with Gasteiger partial charge in [0.2, 0.25) is 0 Å². The van der Waals surface area contributed by atoms with Crippen LogP contribution in [0.25, 0.3) is 0 Å². The van der Waals surface area contributed by atoms with Crippen LogP contribution in [0.15, 0.2) is 97.2 Å². The predicted molar refractivity (Wildman–Crippen MR) is 256 cm³/mol. The van der Waals surface area contributed by atoms with Crippen molar-refractivity contribution in [3.05, 3.63) is 97.2 Å². The normalized spacial score (nSPS) is 12.9. The summed E-state index contributed by atoms with van der Waals surface area (Å²) in [6.45, 7) is 6.29. The molecular formula is C54H88O6. The van der Waals surface area contributed by atoms with Crippen LogP contribution < -0.4 is 0 Å². The van der Waals surface area contributed by atoms with Gasteiger partial charge < -0.3 is 14.2 Å². The van der Waals surface area contributed by atoms with Crippen molar-refractivity contribution in [2.24, 2.45) is 0 Å². The number of hydrogen-bond donors (Lipinski definition) is 0. The Morgan fingerprint density at radius 2 is 0.667 bits per heavy atom. The number of esters is 3. The average Bonchev–Trinajstić information content (AvgIpc) is 3.24. The third kappa shape index (κ3) is 45.4. The Kier molecular flexibility index (Phi) is 45.1. The highest BCUT2D eigenvalue weighted by Crippen LogP contribution is 2.13. The van der Waals surface area contributed by atoms with E-state index in [4.69, 9.17) is 14.2 Å². The molecule has 1 unspecified atom stereocenters. The molecule has 6 heteroatoms. The molecule has 0 aromatic carbocycles. The fourth-order valence-electron chi connectivity index (χ4n) is 6.21. The van der Waals surface area contributed by atoms with Gasteiger partial charge in [-0.05, 0) is 109 Å². The lowest BCUT2D eigenvalue weighted by Gasteiger charge is -2.18. The largest absolute Gasteiger partial charge is 0.462 e. The molecule has 0 heterocycles.